The molecule has 0 atom stereocenters. The van der Waals surface area contributed by atoms with Crippen molar-refractivity contribution in [2.75, 3.05) is 13.7 Å². The van der Waals surface area contributed by atoms with Gasteiger partial charge in [0.2, 0.25) is 5.88 Å². The second-order valence-corrected chi connectivity index (χ2v) is 4.93. The minimum atomic E-state index is -0.331. The minimum absolute atomic E-state index is 0.221. The molecule has 2 N–H and O–H groups in total. The van der Waals surface area contributed by atoms with Gasteiger partial charge in [-0.05, 0) is 31.0 Å². The lowest BCUT2D eigenvalue weighted by Crippen LogP contribution is -2.06. The molecule has 0 spiro atoms. The van der Waals surface area contributed by atoms with Crippen molar-refractivity contribution >= 4 is 0 Å². The molecule has 1 aromatic heterocycles. The van der Waals surface area contributed by atoms with Gasteiger partial charge in [-0.2, -0.15) is 9.78 Å². The fourth-order valence-electron chi connectivity index (χ4n) is 2.29. The van der Waals surface area contributed by atoms with Gasteiger partial charge in [-0.1, -0.05) is 26.0 Å². The van der Waals surface area contributed by atoms with E-state index in [9.17, 15) is 4.39 Å². The lowest BCUT2D eigenvalue weighted by atomic mass is 10.0. The van der Waals surface area contributed by atoms with E-state index in [2.05, 4.69) is 5.10 Å². The Kier molecular flexibility index (Phi) is 4.39. The van der Waals surface area contributed by atoms with Crippen LogP contribution in [0.25, 0.3) is 5.69 Å². The first-order chi connectivity index (χ1) is 9.60. The summed E-state index contributed by atoms with van der Waals surface area (Å²) in [5.41, 5.74) is 7.90. The molecule has 2 aromatic rings. The van der Waals surface area contributed by atoms with Crippen molar-refractivity contribution < 1.29 is 9.13 Å². The van der Waals surface area contributed by atoms with Crippen LogP contribution in [0.2, 0.25) is 0 Å². The summed E-state index contributed by atoms with van der Waals surface area (Å²) in [6.07, 6.45) is 0.658. The van der Waals surface area contributed by atoms with Crippen LogP contribution in [0, 0.1) is 5.82 Å². The molecule has 0 unspecified atom stereocenters. The number of benzene rings is 1. The zero-order valence-corrected chi connectivity index (χ0v) is 12.1. The third-order valence-corrected chi connectivity index (χ3v) is 3.18. The average molecular weight is 277 g/mol. The van der Waals surface area contributed by atoms with E-state index < -0.39 is 0 Å². The zero-order valence-electron chi connectivity index (χ0n) is 12.1. The highest BCUT2D eigenvalue weighted by Crippen LogP contribution is 2.31. The highest BCUT2D eigenvalue weighted by molar-refractivity contribution is 5.43. The van der Waals surface area contributed by atoms with E-state index in [0.717, 1.165) is 11.3 Å². The van der Waals surface area contributed by atoms with Crippen LogP contribution in [-0.4, -0.2) is 23.4 Å². The molecule has 0 radical (unpaired) electrons. The number of rotatable bonds is 5. The molecule has 0 aliphatic heterocycles. The lowest BCUT2D eigenvalue weighted by molar-refractivity contribution is 0.377. The SMILES string of the molecule is COc1c(CCN)c(C(C)C)nn1-c1ccccc1F. The molecule has 2 rings (SSSR count). The maximum atomic E-state index is 14.0. The average Bonchev–Trinajstić information content (AvgIpc) is 2.78. The highest BCUT2D eigenvalue weighted by Gasteiger charge is 2.22. The number of nitrogens with two attached hydrogens (primary N) is 1. The van der Waals surface area contributed by atoms with Crippen LogP contribution in [0.3, 0.4) is 0 Å². The summed E-state index contributed by atoms with van der Waals surface area (Å²) in [4.78, 5) is 0. The van der Waals surface area contributed by atoms with Gasteiger partial charge in [0.05, 0.1) is 12.8 Å². The number of halogens is 1. The van der Waals surface area contributed by atoms with E-state index in [1.165, 1.54) is 10.7 Å². The van der Waals surface area contributed by atoms with Gasteiger partial charge < -0.3 is 10.5 Å². The second-order valence-electron chi connectivity index (χ2n) is 4.93. The Morgan fingerprint density at radius 3 is 2.60 bits per heavy atom. The molecule has 0 fully saturated rings. The number of methoxy groups -OCH3 is 1. The highest BCUT2D eigenvalue weighted by atomic mass is 19.1. The molecule has 5 heteroatoms. The maximum absolute atomic E-state index is 14.0. The van der Waals surface area contributed by atoms with E-state index in [0.29, 0.717) is 24.5 Å². The summed E-state index contributed by atoms with van der Waals surface area (Å²) in [7, 11) is 1.57. The van der Waals surface area contributed by atoms with E-state index in [1.807, 2.05) is 13.8 Å². The van der Waals surface area contributed by atoms with Crippen molar-refractivity contribution in [2.45, 2.75) is 26.2 Å². The van der Waals surface area contributed by atoms with Crippen molar-refractivity contribution in [1.82, 2.24) is 9.78 Å². The molecule has 1 heterocycles. The summed E-state index contributed by atoms with van der Waals surface area (Å²) >= 11 is 0. The predicted octanol–water partition coefficient (Wildman–Crippen LogP) is 2.64. The van der Waals surface area contributed by atoms with Crippen LogP contribution in [0.4, 0.5) is 4.39 Å². The van der Waals surface area contributed by atoms with E-state index in [-0.39, 0.29) is 11.7 Å². The molecule has 108 valence electrons. The molecule has 0 aliphatic carbocycles. The van der Waals surface area contributed by atoms with Crippen LogP contribution in [0.5, 0.6) is 5.88 Å². The number of hydrogen-bond donors (Lipinski definition) is 1. The van der Waals surface area contributed by atoms with E-state index in [1.54, 1.807) is 25.3 Å². The summed E-state index contributed by atoms with van der Waals surface area (Å²) in [5.74, 6) is 0.450. The molecule has 0 saturated carbocycles. The number of para-hydroxylation sites is 1. The molecule has 20 heavy (non-hydrogen) atoms. The number of ether oxygens (including phenoxy) is 1. The third-order valence-electron chi connectivity index (χ3n) is 3.18. The Morgan fingerprint density at radius 1 is 1.35 bits per heavy atom. The van der Waals surface area contributed by atoms with E-state index >= 15 is 0 Å². The molecule has 0 bridgehead atoms. The largest absolute Gasteiger partial charge is 0.481 e. The molecule has 1 aromatic carbocycles. The topological polar surface area (TPSA) is 53.1 Å². The predicted molar refractivity (Wildman–Crippen MR) is 76.9 cm³/mol. The van der Waals surface area contributed by atoms with Gasteiger partial charge in [-0.15, -0.1) is 0 Å². The maximum Gasteiger partial charge on any atom is 0.220 e. The third kappa shape index (κ3) is 2.54. The van der Waals surface area contributed by atoms with Gasteiger partial charge >= 0.3 is 0 Å². The Balaban J connectivity index is 2.64. The monoisotopic (exact) mass is 277 g/mol. The Morgan fingerprint density at radius 2 is 2.05 bits per heavy atom. The number of aromatic nitrogens is 2. The van der Waals surface area contributed by atoms with Crippen LogP contribution < -0.4 is 10.5 Å². The zero-order chi connectivity index (χ0) is 14.7. The van der Waals surface area contributed by atoms with Gasteiger partial charge in [0.25, 0.3) is 0 Å². The smallest absolute Gasteiger partial charge is 0.220 e. The first kappa shape index (κ1) is 14.5. The summed E-state index contributed by atoms with van der Waals surface area (Å²) in [5, 5.41) is 4.53. The molecule has 0 aliphatic rings. The first-order valence-corrected chi connectivity index (χ1v) is 6.70. The van der Waals surface area contributed by atoms with Crippen LogP contribution in [-0.2, 0) is 6.42 Å². The fourth-order valence-corrected chi connectivity index (χ4v) is 2.29. The Bertz CT molecular complexity index is 593. The number of nitrogens with zero attached hydrogens (tertiary/aromatic N) is 2. The Hall–Kier alpha value is -1.88. The fraction of sp³-hybridized carbons (Fsp3) is 0.400. The lowest BCUT2D eigenvalue weighted by Gasteiger charge is -2.08. The van der Waals surface area contributed by atoms with Crippen molar-refractivity contribution in [3.8, 4) is 11.6 Å². The Labute approximate surface area is 118 Å². The van der Waals surface area contributed by atoms with Crippen LogP contribution in [0.15, 0.2) is 24.3 Å². The van der Waals surface area contributed by atoms with Crippen LogP contribution in [0.1, 0.15) is 31.0 Å². The molecular weight excluding hydrogens is 257 g/mol. The van der Waals surface area contributed by atoms with Gasteiger partial charge in [0.1, 0.15) is 11.5 Å². The van der Waals surface area contributed by atoms with E-state index in [4.69, 9.17) is 10.5 Å². The van der Waals surface area contributed by atoms with Gasteiger partial charge in [0.15, 0.2) is 0 Å². The van der Waals surface area contributed by atoms with Crippen molar-refractivity contribution in [3.63, 3.8) is 0 Å². The normalized spacial score (nSPS) is 11.1. The number of hydrogen-bond acceptors (Lipinski definition) is 3. The molecule has 0 saturated heterocycles. The van der Waals surface area contributed by atoms with Gasteiger partial charge in [-0.25, -0.2) is 4.39 Å². The quantitative estimate of drug-likeness (QED) is 0.914. The second kappa shape index (κ2) is 6.05. The summed E-state index contributed by atoms with van der Waals surface area (Å²) < 4.78 is 20.9. The van der Waals surface area contributed by atoms with Crippen molar-refractivity contribution in [2.24, 2.45) is 5.73 Å². The molecular formula is C15H20FN3O. The molecule has 0 amide bonds. The standard InChI is InChI=1S/C15H20FN3O/c1-10(2)14-11(8-9-17)15(20-3)19(18-14)13-7-5-4-6-12(13)16/h4-7,10H,8-9,17H2,1-3H3. The molecule has 4 nitrogen and oxygen atoms in total. The first-order valence-electron chi connectivity index (χ1n) is 6.70. The van der Waals surface area contributed by atoms with Gasteiger partial charge in [0, 0.05) is 5.56 Å². The van der Waals surface area contributed by atoms with Gasteiger partial charge in [-0.3, -0.25) is 0 Å². The minimum Gasteiger partial charge on any atom is -0.481 e. The summed E-state index contributed by atoms with van der Waals surface area (Å²) in [6, 6.07) is 6.52. The van der Waals surface area contributed by atoms with Crippen molar-refractivity contribution in [3.05, 3.63) is 41.3 Å². The summed E-state index contributed by atoms with van der Waals surface area (Å²) in [6.45, 7) is 4.60. The van der Waals surface area contributed by atoms with Crippen LogP contribution >= 0.6 is 0 Å². The van der Waals surface area contributed by atoms with Crippen molar-refractivity contribution in [1.29, 1.82) is 0 Å².